The average Bonchev–Trinajstić information content (AvgIpc) is 2.49. The Morgan fingerprint density at radius 2 is 2.07 bits per heavy atom. The number of rotatable bonds is 1. The fourth-order valence-electron chi connectivity index (χ4n) is 1.33. The number of allylic oxidation sites excluding steroid dienone is 2. The van der Waals surface area contributed by atoms with Gasteiger partial charge in [-0.3, -0.25) is 4.89 Å². The van der Waals surface area contributed by atoms with Gasteiger partial charge in [-0.15, -0.1) is 0 Å². The second kappa shape index (κ2) is 3.40. The highest BCUT2D eigenvalue weighted by Gasteiger charge is 2.34. The first kappa shape index (κ1) is 10.3. The third-order valence-corrected chi connectivity index (χ3v) is 3.11. The minimum absolute atomic E-state index is 0.313. The van der Waals surface area contributed by atoms with Gasteiger partial charge in [0.2, 0.25) is 0 Å². The summed E-state index contributed by atoms with van der Waals surface area (Å²) in [5.74, 6) is 0.632. The summed E-state index contributed by atoms with van der Waals surface area (Å²) < 4.78 is 20.6. The van der Waals surface area contributed by atoms with E-state index < -0.39 is 7.82 Å². The van der Waals surface area contributed by atoms with Gasteiger partial charge in [0.25, 0.3) is 0 Å². The zero-order valence-corrected chi connectivity index (χ0v) is 9.32. The Morgan fingerprint density at radius 1 is 1.40 bits per heavy atom. The van der Waals surface area contributed by atoms with Crippen LogP contribution in [0, 0.1) is 0 Å². The van der Waals surface area contributed by atoms with Crippen LogP contribution in [0.5, 0.6) is 11.5 Å². The first-order valence-electron chi connectivity index (χ1n) is 4.51. The van der Waals surface area contributed by atoms with E-state index >= 15 is 0 Å². The molecule has 1 heterocycles. The highest BCUT2D eigenvalue weighted by atomic mass is 31.2. The Bertz CT molecular complexity index is 478. The van der Waals surface area contributed by atoms with Crippen molar-refractivity contribution in [3.05, 3.63) is 29.8 Å². The Kier molecular flexibility index (Phi) is 2.33. The molecule has 0 spiro atoms. The topological polar surface area (TPSA) is 55.8 Å². The van der Waals surface area contributed by atoms with Crippen LogP contribution in [0.25, 0.3) is 5.57 Å². The average molecular weight is 226 g/mol. The van der Waals surface area contributed by atoms with Gasteiger partial charge in [-0.25, -0.2) is 4.57 Å². The minimum Gasteiger partial charge on any atom is -0.391 e. The lowest BCUT2D eigenvalue weighted by Gasteiger charge is -2.01. The molecule has 0 saturated carbocycles. The van der Waals surface area contributed by atoms with Gasteiger partial charge in [0.15, 0.2) is 11.5 Å². The van der Waals surface area contributed by atoms with E-state index in [0.717, 1.165) is 11.1 Å². The second-order valence-corrected chi connectivity index (χ2v) is 4.59. The largest absolute Gasteiger partial charge is 0.585 e. The van der Waals surface area contributed by atoms with Crippen LogP contribution in [-0.2, 0) is 4.57 Å². The summed E-state index contributed by atoms with van der Waals surface area (Å²) in [4.78, 5) is 9.10. The molecule has 1 aliphatic heterocycles. The third-order valence-electron chi connectivity index (χ3n) is 2.26. The van der Waals surface area contributed by atoms with Crippen LogP contribution in [-0.4, -0.2) is 4.89 Å². The highest BCUT2D eigenvalue weighted by Crippen LogP contribution is 2.55. The Hall–Kier alpha value is -1.25. The van der Waals surface area contributed by atoms with Crippen LogP contribution < -0.4 is 9.05 Å². The molecule has 0 saturated heterocycles. The van der Waals surface area contributed by atoms with Crippen molar-refractivity contribution in [1.29, 1.82) is 0 Å². The molecular weight excluding hydrogens is 215 g/mol. The molecule has 0 bridgehead atoms. The maximum absolute atomic E-state index is 11.1. The summed E-state index contributed by atoms with van der Waals surface area (Å²) in [7, 11) is -3.90. The first-order chi connectivity index (χ1) is 7.02. The lowest BCUT2D eigenvalue weighted by atomic mass is 10.1. The zero-order chi connectivity index (χ0) is 11.1. The SMILES string of the molecule is C/C=C(\C)c1ccc2c(c1)OP(=O)(O)O2. The Morgan fingerprint density at radius 3 is 2.73 bits per heavy atom. The van der Waals surface area contributed by atoms with Crippen LogP contribution in [0.1, 0.15) is 19.4 Å². The summed E-state index contributed by atoms with van der Waals surface area (Å²) in [5, 5.41) is 0. The lowest BCUT2D eigenvalue weighted by Crippen LogP contribution is -1.87. The predicted octanol–water partition coefficient (Wildman–Crippen LogP) is 2.98. The number of phosphoric ester groups is 1. The van der Waals surface area contributed by atoms with E-state index in [1.165, 1.54) is 0 Å². The summed E-state index contributed by atoms with van der Waals surface area (Å²) in [5.41, 5.74) is 2.02. The third kappa shape index (κ3) is 1.91. The number of hydrogen-bond donors (Lipinski definition) is 1. The van der Waals surface area contributed by atoms with Gasteiger partial charge in [-0.05, 0) is 37.1 Å². The van der Waals surface area contributed by atoms with E-state index in [0.29, 0.717) is 11.5 Å². The van der Waals surface area contributed by atoms with Crippen molar-refractivity contribution in [3.8, 4) is 11.5 Å². The van der Waals surface area contributed by atoms with Crippen LogP contribution in [0.2, 0.25) is 0 Å². The number of fused-ring (bicyclic) bond motifs is 1. The van der Waals surface area contributed by atoms with E-state index in [1.807, 2.05) is 26.0 Å². The van der Waals surface area contributed by atoms with E-state index in [1.54, 1.807) is 12.1 Å². The van der Waals surface area contributed by atoms with E-state index in [-0.39, 0.29) is 0 Å². The van der Waals surface area contributed by atoms with Gasteiger partial charge in [0.05, 0.1) is 0 Å². The monoisotopic (exact) mass is 226 g/mol. The zero-order valence-electron chi connectivity index (χ0n) is 8.43. The quantitative estimate of drug-likeness (QED) is 0.748. The molecule has 1 aromatic carbocycles. The van der Waals surface area contributed by atoms with Crippen LogP contribution in [0.15, 0.2) is 24.3 Å². The fourth-order valence-corrected chi connectivity index (χ4v) is 2.16. The fraction of sp³-hybridized carbons (Fsp3) is 0.200. The first-order valence-corrected chi connectivity index (χ1v) is 6.01. The van der Waals surface area contributed by atoms with Crippen LogP contribution >= 0.6 is 7.82 Å². The molecule has 1 aromatic rings. The van der Waals surface area contributed by atoms with Crippen molar-refractivity contribution in [2.45, 2.75) is 13.8 Å². The maximum atomic E-state index is 11.1. The maximum Gasteiger partial charge on any atom is 0.585 e. The molecule has 1 aliphatic rings. The smallest absolute Gasteiger partial charge is 0.391 e. The molecule has 0 aromatic heterocycles. The van der Waals surface area contributed by atoms with E-state index in [4.69, 9.17) is 13.9 Å². The van der Waals surface area contributed by atoms with Crippen molar-refractivity contribution >= 4 is 13.4 Å². The standard InChI is InChI=1S/C10H11O4P/c1-3-7(2)8-4-5-9-10(6-8)14-15(11,12)13-9/h3-6H,1-2H3,(H,11,12)/b7-3+. The molecule has 4 nitrogen and oxygen atoms in total. The summed E-state index contributed by atoms with van der Waals surface area (Å²) >= 11 is 0. The molecule has 0 fully saturated rings. The minimum atomic E-state index is -3.90. The van der Waals surface area contributed by atoms with Gasteiger partial charge in [-0.2, -0.15) is 0 Å². The molecule has 0 aliphatic carbocycles. The molecule has 5 heteroatoms. The van der Waals surface area contributed by atoms with Gasteiger partial charge < -0.3 is 9.05 Å². The molecule has 1 atom stereocenters. The summed E-state index contributed by atoms with van der Waals surface area (Å²) in [6.45, 7) is 3.88. The predicted molar refractivity (Wildman–Crippen MR) is 56.8 cm³/mol. The summed E-state index contributed by atoms with van der Waals surface area (Å²) in [6, 6.07) is 5.15. The molecular formula is C10H11O4P. The van der Waals surface area contributed by atoms with Gasteiger partial charge in [0, 0.05) is 0 Å². The second-order valence-electron chi connectivity index (χ2n) is 3.28. The van der Waals surface area contributed by atoms with Crippen molar-refractivity contribution in [2.24, 2.45) is 0 Å². The van der Waals surface area contributed by atoms with Crippen molar-refractivity contribution in [1.82, 2.24) is 0 Å². The lowest BCUT2D eigenvalue weighted by molar-refractivity contribution is 0.324. The van der Waals surface area contributed by atoms with Gasteiger partial charge in [0.1, 0.15) is 0 Å². The number of benzene rings is 1. The van der Waals surface area contributed by atoms with E-state index in [2.05, 4.69) is 0 Å². The molecule has 1 N–H and O–H groups in total. The molecule has 80 valence electrons. The van der Waals surface area contributed by atoms with Crippen LogP contribution in [0.4, 0.5) is 0 Å². The van der Waals surface area contributed by atoms with Crippen molar-refractivity contribution < 1.29 is 18.5 Å². The number of phosphoric acid groups is 1. The normalized spacial score (nSPS) is 24.3. The Labute approximate surface area is 87.8 Å². The van der Waals surface area contributed by atoms with Crippen LogP contribution in [0.3, 0.4) is 0 Å². The van der Waals surface area contributed by atoms with Gasteiger partial charge >= 0.3 is 7.82 Å². The molecule has 0 radical (unpaired) electrons. The molecule has 1 unspecified atom stereocenters. The summed E-state index contributed by atoms with van der Waals surface area (Å²) in [6.07, 6.45) is 1.95. The van der Waals surface area contributed by atoms with E-state index in [9.17, 15) is 4.57 Å². The van der Waals surface area contributed by atoms with Crippen molar-refractivity contribution in [2.75, 3.05) is 0 Å². The molecule has 15 heavy (non-hydrogen) atoms. The molecule has 2 rings (SSSR count). The molecule has 0 amide bonds. The highest BCUT2D eigenvalue weighted by molar-refractivity contribution is 7.48. The Balaban J connectivity index is 2.43. The van der Waals surface area contributed by atoms with Crippen molar-refractivity contribution in [3.63, 3.8) is 0 Å². The number of hydrogen-bond acceptors (Lipinski definition) is 3. The van der Waals surface area contributed by atoms with Gasteiger partial charge in [-0.1, -0.05) is 12.1 Å².